The molecule has 0 atom stereocenters. The predicted octanol–water partition coefficient (Wildman–Crippen LogP) is 3.57. The molecule has 0 amide bonds. The highest BCUT2D eigenvalue weighted by Gasteiger charge is 2.41. The Morgan fingerprint density at radius 2 is 1.76 bits per heavy atom. The van der Waals surface area contributed by atoms with Crippen LogP contribution in [0.1, 0.15) is 37.2 Å². The Labute approximate surface area is 101 Å². The minimum atomic E-state index is -2.27. The lowest BCUT2D eigenvalue weighted by Crippen LogP contribution is -2.51. The van der Waals surface area contributed by atoms with Gasteiger partial charge < -0.3 is 5.32 Å². The average Bonchev–Trinajstić information content (AvgIpc) is 2.39. The van der Waals surface area contributed by atoms with E-state index in [1.807, 2.05) is 18.2 Å². The standard InChI is InChI=1S/C14H19F2N/c1-17-14(13(15)16)9-7-12(8-10-14)11-5-3-2-4-6-11/h2-6,12-13,17H,7-10H2,1H3. The molecule has 1 aliphatic carbocycles. The fourth-order valence-electron chi connectivity index (χ4n) is 2.77. The molecule has 3 heteroatoms. The van der Waals surface area contributed by atoms with Crippen LogP contribution in [-0.2, 0) is 0 Å². The van der Waals surface area contributed by atoms with Crippen LogP contribution in [0.15, 0.2) is 30.3 Å². The van der Waals surface area contributed by atoms with E-state index in [0.29, 0.717) is 18.8 Å². The second-order valence-electron chi connectivity index (χ2n) is 4.89. The van der Waals surface area contributed by atoms with Crippen molar-refractivity contribution in [2.24, 2.45) is 0 Å². The second-order valence-corrected chi connectivity index (χ2v) is 4.89. The largest absolute Gasteiger partial charge is 0.309 e. The van der Waals surface area contributed by atoms with Gasteiger partial charge in [0.05, 0.1) is 5.54 Å². The Kier molecular flexibility index (Phi) is 3.77. The summed E-state index contributed by atoms with van der Waals surface area (Å²) in [6, 6.07) is 10.2. The van der Waals surface area contributed by atoms with Gasteiger partial charge in [0.1, 0.15) is 0 Å². The second kappa shape index (κ2) is 5.13. The molecule has 0 saturated heterocycles. The molecule has 17 heavy (non-hydrogen) atoms. The molecule has 0 heterocycles. The first-order valence-corrected chi connectivity index (χ1v) is 6.20. The normalized spacial score (nSPS) is 29.5. The highest BCUT2D eigenvalue weighted by atomic mass is 19.3. The summed E-state index contributed by atoms with van der Waals surface area (Å²) in [7, 11) is 1.65. The molecule has 1 nitrogen and oxygen atoms in total. The first-order chi connectivity index (χ1) is 8.18. The summed E-state index contributed by atoms with van der Waals surface area (Å²) in [5.74, 6) is 0.441. The van der Waals surface area contributed by atoms with Crippen LogP contribution in [0.3, 0.4) is 0 Å². The summed E-state index contributed by atoms with van der Waals surface area (Å²) in [6.45, 7) is 0. The van der Waals surface area contributed by atoms with Crippen molar-refractivity contribution in [3.63, 3.8) is 0 Å². The van der Waals surface area contributed by atoms with Gasteiger partial charge in [-0.3, -0.25) is 0 Å². The minimum absolute atomic E-state index is 0.441. The molecular formula is C14H19F2N. The topological polar surface area (TPSA) is 12.0 Å². The Balaban J connectivity index is 2.03. The van der Waals surface area contributed by atoms with Crippen molar-refractivity contribution in [1.29, 1.82) is 0 Å². The minimum Gasteiger partial charge on any atom is -0.309 e. The van der Waals surface area contributed by atoms with Crippen molar-refractivity contribution in [3.8, 4) is 0 Å². The molecule has 0 bridgehead atoms. The van der Waals surface area contributed by atoms with E-state index in [1.165, 1.54) is 5.56 Å². The van der Waals surface area contributed by atoms with Gasteiger partial charge in [0.2, 0.25) is 0 Å². The molecule has 0 aromatic heterocycles. The van der Waals surface area contributed by atoms with Crippen LogP contribution in [0, 0.1) is 0 Å². The lowest BCUT2D eigenvalue weighted by Gasteiger charge is -2.39. The van der Waals surface area contributed by atoms with Gasteiger partial charge in [0.15, 0.2) is 0 Å². The number of hydrogen-bond donors (Lipinski definition) is 1. The number of alkyl halides is 2. The molecule has 1 aliphatic rings. The van der Waals surface area contributed by atoms with Crippen molar-refractivity contribution in [3.05, 3.63) is 35.9 Å². The van der Waals surface area contributed by atoms with E-state index in [4.69, 9.17) is 0 Å². The Bertz CT molecular complexity index is 342. The van der Waals surface area contributed by atoms with Crippen molar-refractivity contribution >= 4 is 0 Å². The van der Waals surface area contributed by atoms with Gasteiger partial charge in [0.25, 0.3) is 6.43 Å². The SMILES string of the molecule is CNC1(C(F)F)CCC(c2ccccc2)CC1. The first-order valence-electron chi connectivity index (χ1n) is 6.20. The van der Waals surface area contributed by atoms with Crippen LogP contribution < -0.4 is 5.32 Å². The monoisotopic (exact) mass is 239 g/mol. The number of hydrogen-bond acceptors (Lipinski definition) is 1. The van der Waals surface area contributed by atoms with Gasteiger partial charge in [-0.05, 0) is 44.2 Å². The van der Waals surface area contributed by atoms with E-state index in [1.54, 1.807) is 7.05 Å². The molecule has 2 rings (SSSR count). The van der Waals surface area contributed by atoms with Gasteiger partial charge in [-0.15, -0.1) is 0 Å². The summed E-state index contributed by atoms with van der Waals surface area (Å²) in [6.07, 6.45) is 0.524. The summed E-state index contributed by atoms with van der Waals surface area (Å²) >= 11 is 0. The van der Waals surface area contributed by atoms with E-state index >= 15 is 0 Å². The van der Waals surface area contributed by atoms with Crippen LogP contribution >= 0.6 is 0 Å². The third kappa shape index (κ3) is 2.49. The molecule has 94 valence electrons. The molecule has 1 fully saturated rings. The van der Waals surface area contributed by atoms with E-state index in [0.717, 1.165) is 12.8 Å². The maximum absolute atomic E-state index is 13.0. The van der Waals surface area contributed by atoms with Crippen molar-refractivity contribution in [2.45, 2.75) is 43.6 Å². The van der Waals surface area contributed by atoms with E-state index in [2.05, 4.69) is 17.4 Å². The van der Waals surface area contributed by atoms with Gasteiger partial charge in [-0.25, -0.2) is 8.78 Å². The zero-order valence-corrected chi connectivity index (χ0v) is 10.1. The van der Waals surface area contributed by atoms with Gasteiger partial charge >= 0.3 is 0 Å². The van der Waals surface area contributed by atoms with Crippen LogP contribution in [0.4, 0.5) is 8.78 Å². The fraction of sp³-hybridized carbons (Fsp3) is 0.571. The number of rotatable bonds is 3. The smallest absolute Gasteiger partial charge is 0.256 e. The molecule has 0 unspecified atom stereocenters. The van der Waals surface area contributed by atoms with E-state index < -0.39 is 12.0 Å². The van der Waals surface area contributed by atoms with Crippen molar-refractivity contribution in [1.82, 2.24) is 5.32 Å². The predicted molar refractivity (Wildman–Crippen MR) is 65.4 cm³/mol. The highest BCUT2D eigenvalue weighted by molar-refractivity contribution is 5.20. The highest BCUT2D eigenvalue weighted by Crippen LogP contribution is 2.40. The molecule has 0 spiro atoms. The van der Waals surface area contributed by atoms with Gasteiger partial charge in [-0.2, -0.15) is 0 Å². The number of halogens is 2. The van der Waals surface area contributed by atoms with E-state index in [-0.39, 0.29) is 0 Å². The van der Waals surface area contributed by atoms with Crippen molar-refractivity contribution in [2.75, 3.05) is 7.05 Å². The molecule has 1 N–H and O–H groups in total. The quantitative estimate of drug-likeness (QED) is 0.850. The average molecular weight is 239 g/mol. The molecule has 0 aliphatic heterocycles. The summed E-state index contributed by atoms with van der Waals surface area (Å²) in [5.41, 5.74) is 0.331. The Hall–Kier alpha value is -0.960. The van der Waals surface area contributed by atoms with Crippen LogP contribution in [0.25, 0.3) is 0 Å². The third-order valence-corrected chi connectivity index (χ3v) is 4.06. The lowest BCUT2D eigenvalue weighted by molar-refractivity contribution is 0.00815. The fourth-order valence-corrected chi connectivity index (χ4v) is 2.77. The number of benzene rings is 1. The zero-order valence-electron chi connectivity index (χ0n) is 10.1. The van der Waals surface area contributed by atoms with Crippen LogP contribution in [0.2, 0.25) is 0 Å². The third-order valence-electron chi connectivity index (χ3n) is 4.06. The molecule has 1 aromatic rings. The molecule has 1 saturated carbocycles. The maximum Gasteiger partial charge on any atom is 0.256 e. The first kappa shape index (κ1) is 12.5. The van der Waals surface area contributed by atoms with Gasteiger partial charge in [0, 0.05) is 0 Å². The maximum atomic E-state index is 13.0. The summed E-state index contributed by atoms with van der Waals surface area (Å²) < 4.78 is 26.1. The molecule has 0 radical (unpaired) electrons. The lowest BCUT2D eigenvalue weighted by atomic mass is 9.74. The Morgan fingerprint density at radius 1 is 1.18 bits per heavy atom. The van der Waals surface area contributed by atoms with E-state index in [9.17, 15) is 8.78 Å². The number of nitrogens with one attached hydrogen (secondary N) is 1. The van der Waals surface area contributed by atoms with Crippen molar-refractivity contribution < 1.29 is 8.78 Å². The van der Waals surface area contributed by atoms with Crippen LogP contribution in [0.5, 0.6) is 0 Å². The zero-order chi connectivity index (χ0) is 12.3. The summed E-state index contributed by atoms with van der Waals surface area (Å²) in [4.78, 5) is 0. The van der Waals surface area contributed by atoms with Crippen LogP contribution in [-0.4, -0.2) is 19.0 Å². The molecular weight excluding hydrogens is 220 g/mol. The molecule has 1 aromatic carbocycles. The van der Waals surface area contributed by atoms with Gasteiger partial charge in [-0.1, -0.05) is 30.3 Å². The summed E-state index contributed by atoms with van der Waals surface area (Å²) in [5, 5.41) is 2.84. The Morgan fingerprint density at radius 3 is 2.24 bits per heavy atom.